The van der Waals surface area contributed by atoms with Crippen LogP contribution in [0.5, 0.6) is 0 Å². The first-order valence-electron chi connectivity index (χ1n) is 7.33. The van der Waals surface area contributed by atoms with E-state index in [1.54, 1.807) is 12.1 Å². The van der Waals surface area contributed by atoms with Gasteiger partial charge in [0.1, 0.15) is 0 Å². The molecule has 1 atom stereocenters. The highest BCUT2D eigenvalue weighted by Crippen LogP contribution is 2.30. The maximum atomic E-state index is 12.4. The van der Waals surface area contributed by atoms with E-state index in [0.29, 0.717) is 5.56 Å². The van der Waals surface area contributed by atoms with Gasteiger partial charge in [-0.2, -0.15) is 0 Å². The number of benzene rings is 1. The third kappa shape index (κ3) is 4.06. The lowest BCUT2D eigenvalue weighted by Crippen LogP contribution is -2.55. The number of nitrogens with two attached hydrogens (primary N) is 1. The normalized spacial score (nSPS) is 21.3. The molecule has 1 aliphatic rings. The molecule has 22 heavy (non-hydrogen) atoms. The van der Waals surface area contributed by atoms with Crippen LogP contribution < -0.4 is 15.8 Å². The maximum absolute atomic E-state index is 12.4. The van der Waals surface area contributed by atoms with Gasteiger partial charge in [0.05, 0.1) is 10.9 Å². The molecule has 0 bridgehead atoms. The predicted octanol–water partition coefficient (Wildman–Crippen LogP) is 0.728. The van der Waals surface area contributed by atoms with Crippen LogP contribution in [0.2, 0.25) is 0 Å². The van der Waals surface area contributed by atoms with Crippen molar-refractivity contribution in [2.75, 3.05) is 6.54 Å². The fraction of sp³-hybridized carbons (Fsp3) is 0.533. The number of primary sulfonamides is 1. The quantitative estimate of drug-likeness (QED) is 0.759. The topological polar surface area (TPSA) is 101 Å². The van der Waals surface area contributed by atoms with Gasteiger partial charge in [-0.3, -0.25) is 4.79 Å². The fourth-order valence-electron chi connectivity index (χ4n) is 2.78. The molecule has 2 rings (SSSR count). The molecule has 1 unspecified atom stereocenters. The largest absolute Gasteiger partial charge is 0.351 e. The minimum Gasteiger partial charge on any atom is -0.351 e. The smallest absolute Gasteiger partial charge is 0.238 e. The average Bonchev–Trinajstić information content (AvgIpc) is 2.44. The summed E-state index contributed by atoms with van der Waals surface area (Å²) < 4.78 is 22.7. The van der Waals surface area contributed by atoms with Crippen molar-refractivity contribution in [3.63, 3.8) is 0 Å². The maximum Gasteiger partial charge on any atom is 0.238 e. The SMILES string of the molecule is CC1(C)CCCNC1C(=O)NCc1cccc(S(N)(=O)=O)c1. The number of carbonyl (C=O) groups is 1. The molecular formula is C15H23N3O3S. The fourth-order valence-corrected chi connectivity index (χ4v) is 3.37. The van der Waals surface area contributed by atoms with Crippen molar-refractivity contribution >= 4 is 15.9 Å². The standard InChI is InChI=1S/C15H23N3O3S/c1-15(2)7-4-8-17-13(15)14(19)18-10-11-5-3-6-12(9-11)22(16,20)21/h3,5-6,9,13,17H,4,7-8,10H2,1-2H3,(H,18,19)(H2,16,20,21). The summed E-state index contributed by atoms with van der Waals surface area (Å²) in [6, 6.07) is 6.06. The molecule has 1 fully saturated rings. The van der Waals surface area contributed by atoms with Gasteiger partial charge >= 0.3 is 0 Å². The predicted molar refractivity (Wildman–Crippen MR) is 84.5 cm³/mol. The molecule has 0 spiro atoms. The molecule has 1 saturated heterocycles. The highest BCUT2D eigenvalue weighted by molar-refractivity contribution is 7.89. The molecule has 1 aliphatic heterocycles. The third-order valence-corrected chi connectivity index (χ3v) is 4.99. The van der Waals surface area contributed by atoms with Crippen molar-refractivity contribution in [3.8, 4) is 0 Å². The Hall–Kier alpha value is -1.44. The van der Waals surface area contributed by atoms with Crippen LogP contribution in [0.3, 0.4) is 0 Å². The van der Waals surface area contributed by atoms with E-state index in [1.807, 2.05) is 0 Å². The van der Waals surface area contributed by atoms with Crippen molar-refractivity contribution in [2.24, 2.45) is 10.6 Å². The van der Waals surface area contributed by atoms with Gasteiger partial charge in [0.15, 0.2) is 0 Å². The van der Waals surface area contributed by atoms with Crippen molar-refractivity contribution in [1.82, 2.24) is 10.6 Å². The Morgan fingerprint density at radius 3 is 2.82 bits per heavy atom. The van der Waals surface area contributed by atoms with Crippen molar-refractivity contribution in [1.29, 1.82) is 0 Å². The molecule has 7 heteroatoms. The first-order valence-corrected chi connectivity index (χ1v) is 8.88. The third-order valence-electron chi connectivity index (χ3n) is 4.08. The summed E-state index contributed by atoms with van der Waals surface area (Å²) >= 11 is 0. The zero-order valence-corrected chi connectivity index (χ0v) is 13.7. The van der Waals surface area contributed by atoms with Crippen molar-refractivity contribution < 1.29 is 13.2 Å². The number of carbonyl (C=O) groups excluding carboxylic acids is 1. The molecular weight excluding hydrogens is 302 g/mol. The lowest BCUT2D eigenvalue weighted by molar-refractivity contribution is -0.126. The second-order valence-corrected chi connectivity index (χ2v) is 7.95. The van der Waals surface area contributed by atoms with Gasteiger partial charge in [-0.15, -0.1) is 0 Å². The summed E-state index contributed by atoms with van der Waals surface area (Å²) in [5.74, 6) is -0.0642. The molecule has 1 heterocycles. The van der Waals surface area contributed by atoms with E-state index in [1.165, 1.54) is 12.1 Å². The van der Waals surface area contributed by atoms with Crippen LogP contribution in [0.25, 0.3) is 0 Å². The van der Waals surface area contributed by atoms with Crippen LogP contribution in [-0.2, 0) is 21.4 Å². The molecule has 0 radical (unpaired) electrons. The van der Waals surface area contributed by atoms with Crippen LogP contribution >= 0.6 is 0 Å². The van der Waals surface area contributed by atoms with Gasteiger partial charge in [-0.05, 0) is 42.5 Å². The molecule has 1 aromatic rings. The summed E-state index contributed by atoms with van der Waals surface area (Å²) in [4.78, 5) is 12.4. The summed E-state index contributed by atoms with van der Waals surface area (Å²) in [5.41, 5.74) is 0.610. The Balaban J connectivity index is 2.02. The van der Waals surface area contributed by atoms with E-state index >= 15 is 0 Å². The number of piperidine rings is 1. The highest BCUT2D eigenvalue weighted by atomic mass is 32.2. The van der Waals surface area contributed by atoms with Crippen molar-refractivity contribution in [2.45, 2.75) is 44.2 Å². The minimum atomic E-state index is -3.73. The average molecular weight is 325 g/mol. The Labute approximate surface area is 131 Å². The van der Waals surface area contributed by atoms with Crippen LogP contribution in [0.15, 0.2) is 29.2 Å². The first-order chi connectivity index (χ1) is 10.2. The van der Waals surface area contributed by atoms with Gasteiger partial charge in [-0.25, -0.2) is 13.6 Å². The molecule has 1 aromatic carbocycles. The number of rotatable bonds is 4. The summed E-state index contributed by atoms with van der Waals surface area (Å²) in [6.07, 6.45) is 2.06. The Bertz CT molecular complexity index is 656. The zero-order chi connectivity index (χ0) is 16.4. The Kier molecular flexibility index (Phi) is 4.89. The summed E-state index contributed by atoms with van der Waals surface area (Å²) in [5, 5.41) is 11.2. The number of amides is 1. The second kappa shape index (κ2) is 6.36. The van der Waals surface area contributed by atoms with E-state index in [-0.39, 0.29) is 28.8 Å². The number of hydrogen-bond donors (Lipinski definition) is 3. The number of sulfonamides is 1. The van der Waals surface area contributed by atoms with Gasteiger partial charge in [0.25, 0.3) is 0 Å². The summed E-state index contributed by atoms with van der Waals surface area (Å²) in [7, 11) is -3.73. The summed E-state index contributed by atoms with van der Waals surface area (Å²) in [6.45, 7) is 5.26. The van der Waals surface area contributed by atoms with Crippen LogP contribution in [0, 0.1) is 5.41 Å². The van der Waals surface area contributed by atoms with Crippen LogP contribution in [0.1, 0.15) is 32.3 Å². The molecule has 1 amide bonds. The van der Waals surface area contributed by atoms with Crippen LogP contribution in [0.4, 0.5) is 0 Å². The molecule has 6 nitrogen and oxygen atoms in total. The Morgan fingerprint density at radius 1 is 1.45 bits per heavy atom. The lowest BCUT2D eigenvalue weighted by Gasteiger charge is -2.38. The Morgan fingerprint density at radius 2 is 2.18 bits per heavy atom. The minimum absolute atomic E-state index is 0.0513. The van der Waals surface area contributed by atoms with E-state index in [9.17, 15) is 13.2 Å². The molecule has 4 N–H and O–H groups in total. The second-order valence-electron chi connectivity index (χ2n) is 6.39. The van der Waals surface area contributed by atoms with Gasteiger partial charge < -0.3 is 10.6 Å². The van der Waals surface area contributed by atoms with E-state index < -0.39 is 10.0 Å². The van der Waals surface area contributed by atoms with Gasteiger partial charge in [0.2, 0.25) is 15.9 Å². The molecule has 0 aromatic heterocycles. The highest BCUT2D eigenvalue weighted by Gasteiger charge is 2.36. The van der Waals surface area contributed by atoms with E-state index in [4.69, 9.17) is 5.14 Å². The van der Waals surface area contributed by atoms with Crippen molar-refractivity contribution in [3.05, 3.63) is 29.8 Å². The van der Waals surface area contributed by atoms with E-state index in [2.05, 4.69) is 24.5 Å². The number of nitrogens with one attached hydrogen (secondary N) is 2. The molecule has 0 saturated carbocycles. The number of hydrogen-bond acceptors (Lipinski definition) is 4. The van der Waals surface area contributed by atoms with Gasteiger partial charge in [0, 0.05) is 6.54 Å². The molecule has 0 aliphatic carbocycles. The van der Waals surface area contributed by atoms with Gasteiger partial charge in [-0.1, -0.05) is 26.0 Å². The van der Waals surface area contributed by atoms with E-state index in [0.717, 1.165) is 19.4 Å². The first kappa shape index (κ1) is 16.9. The monoisotopic (exact) mass is 325 g/mol. The molecule has 122 valence electrons. The van der Waals surface area contributed by atoms with Crippen LogP contribution in [-0.4, -0.2) is 26.9 Å². The zero-order valence-electron chi connectivity index (χ0n) is 12.9. The lowest BCUT2D eigenvalue weighted by atomic mass is 9.77.